The van der Waals surface area contributed by atoms with Crippen molar-refractivity contribution in [3.8, 4) is 11.5 Å². The molecule has 0 bridgehead atoms. The number of nitrogens with zero attached hydrogens (tertiary/aromatic N) is 1. The number of hydrogen-bond acceptors (Lipinski definition) is 4. The number of para-hydroxylation sites is 2. The van der Waals surface area contributed by atoms with Crippen LogP contribution in [0.15, 0.2) is 24.3 Å². The molecular formula is C18H27NO4. The molecule has 0 spiro atoms. The second-order valence-corrected chi connectivity index (χ2v) is 5.81. The van der Waals surface area contributed by atoms with Crippen molar-refractivity contribution in [1.29, 1.82) is 0 Å². The Morgan fingerprint density at radius 2 is 1.91 bits per heavy atom. The monoisotopic (exact) mass is 321 g/mol. The van der Waals surface area contributed by atoms with Crippen molar-refractivity contribution < 1.29 is 19.0 Å². The lowest BCUT2D eigenvalue weighted by Gasteiger charge is -2.33. The van der Waals surface area contributed by atoms with Crippen molar-refractivity contribution in [3.05, 3.63) is 24.3 Å². The van der Waals surface area contributed by atoms with Gasteiger partial charge in [-0.1, -0.05) is 19.1 Å². The molecule has 0 aromatic heterocycles. The van der Waals surface area contributed by atoms with E-state index in [1.807, 2.05) is 43.0 Å². The highest BCUT2D eigenvalue weighted by Crippen LogP contribution is 2.29. The van der Waals surface area contributed by atoms with E-state index in [2.05, 4.69) is 0 Å². The quantitative estimate of drug-likeness (QED) is 0.775. The molecule has 0 unspecified atom stereocenters. The van der Waals surface area contributed by atoms with E-state index in [0.717, 1.165) is 30.8 Å². The normalized spacial score (nSPS) is 16.9. The number of benzene rings is 1. The van der Waals surface area contributed by atoms with Crippen LogP contribution in [0.3, 0.4) is 0 Å². The maximum absolute atomic E-state index is 12.3. The topological polar surface area (TPSA) is 48.0 Å². The van der Waals surface area contributed by atoms with E-state index >= 15 is 0 Å². The lowest BCUT2D eigenvalue weighted by molar-refractivity contribution is -0.144. The highest BCUT2D eigenvalue weighted by atomic mass is 16.5. The second kappa shape index (κ2) is 8.77. The first-order chi connectivity index (χ1) is 11.2. The van der Waals surface area contributed by atoms with Crippen molar-refractivity contribution in [1.82, 2.24) is 4.90 Å². The zero-order valence-corrected chi connectivity index (χ0v) is 14.3. The van der Waals surface area contributed by atoms with Crippen LogP contribution in [0.4, 0.5) is 0 Å². The number of ether oxygens (including phenoxy) is 3. The van der Waals surface area contributed by atoms with E-state index in [0.29, 0.717) is 19.7 Å². The molecule has 2 rings (SSSR count). The van der Waals surface area contributed by atoms with E-state index in [-0.39, 0.29) is 18.1 Å². The molecular weight excluding hydrogens is 294 g/mol. The Bertz CT molecular complexity index is 498. The van der Waals surface area contributed by atoms with Crippen LogP contribution in [0, 0.1) is 0 Å². The Morgan fingerprint density at radius 3 is 2.52 bits per heavy atom. The van der Waals surface area contributed by atoms with Crippen molar-refractivity contribution in [2.75, 3.05) is 26.8 Å². The van der Waals surface area contributed by atoms with Crippen molar-refractivity contribution in [3.63, 3.8) is 0 Å². The third-order valence-electron chi connectivity index (χ3n) is 4.04. The molecule has 5 nitrogen and oxygen atoms in total. The molecule has 1 atom stereocenters. The van der Waals surface area contributed by atoms with Gasteiger partial charge in [0.15, 0.2) is 11.5 Å². The van der Waals surface area contributed by atoms with Gasteiger partial charge in [0.2, 0.25) is 0 Å². The first-order valence-corrected chi connectivity index (χ1v) is 8.35. The van der Waals surface area contributed by atoms with Gasteiger partial charge in [-0.15, -0.1) is 0 Å². The highest BCUT2D eigenvalue weighted by molar-refractivity contribution is 5.80. The zero-order valence-electron chi connectivity index (χ0n) is 14.3. The standard InChI is InChI=1S/C18H27NO4/c1-4-13-22-14(2)18(20)19-11-9-15(10-12-19)23-17-8-6-5-7-16(17)21-3/h5-8,14-15H,4,9-13H2,1-3H3/t14-/m1/s1. The molecule has 5 heteroatoms. The van der Waals surface area contributed by atoms with E-state index in [1.165, 1.54) is 0 Å². The summed E-state index contributed by atoms with van der Waals surface area (Å²) < 4.78 is 16.9. The molecule has 1 fully saturated rings. The van der Waals surface area contributed by atoms with Gasteiger partial charge in [0.1, 0.15) is 12.2 Å². The SMILES string of the molecule is CCCO[C@H](C)C(=O)N1CCC(Oc2ccccc2OC)CC1. The van der Waals surface area contributed by atoms with Crippen LogP contribution in [-0.4, -0.2) is 49.8 Å². The number of rotatable bonds is 7. The lowest BCUT2D eigenvalue weighted by atomic mass is 10.1. The van der Waals surface area contributed by atoms with Gasteiger partial charge in [-0.2, -0.15) is 0 Å². The predicted octanol–water partition coefficient (Wildman–Crippen LogP) is 2.88. The van der Waals surface area contributed by atoms with Crippen LogP contribution in [0.25, 0.3) is 0 Å². The summed E-state index contributed by atoms with van der Waals surface area (Å²) in [4.78, 5) is 14.2. The third-order valence-corrected chi connectivity index (χ3v) is 4.04. The molecule has 1 amide bonds. The number of hydrogen-bond donors (Lipinski definition) is 0. The number of methoxy groups -OCH3 is 1. The molecule has 1 aliphatic rings. The molecule has 0 aliphatic carbocycles. The van der Waals surface area contributed by atoms with Crippen LogP contribution in [0.2, 0.25) is 0 Å². The fourth-order valence-electron chi connectivity index (χ4n) is 2.71. The van der Waals surface area contributed by atoms with Gasteiger partial charge in [0.25, 0.3) is 5.91 Å². The average molecular weight is 321 g/mol. The number of amides is 1. The molecule has 1 heterocycles. The Hall–Kier alpha value is -1.75. The van der Waals surface area contributed by atoms with E-state index in [9.17, 15) is 4.79 Å². The third kappa shape index (κ3) is 4.86. The molecule has 0 saturated carbocycles. The molecule has 0 radical (unpaired) electrons. The molecule has 1 aromatic rings. The fourth-order valence-corrected chi connectivity index (χ4v) is 2.71. The smallest absolute Gasteiger partial charge is 0.251 e. The first-order valence-electron chi connectivity index (χ1n) is 8.35. The molecule has 1 saturated heterocycles. The van der Waals surface area contributed by atoms with Crippen LogP contribution in [-0.2, 0) is 9.53 Å². The number of piperidine rings is 1. The largest absolute Gasteiger partial charge is 0.493 e. The van der Waals surface area contributed by atoms with E-state index in [1.54, 1.807) is 7.11 Å². The Balaban J connectivity index is 1.83. The van der Waals surface area contributed by atoms with Crippen LogP contribution < -0.4 is 9.47 Å². The Labute approximate surface area is 138 Å². The number of carbonyl (C=O) groups is 1. The maximum Gasteiger partial charge on any atom is 0.251 e. The van der Waals surface area contributed by atoms with Crippen molar-refractivity contribution >= 4 is 5.91 Å². The summed E-state index contributed by atoms with van der Waals surface area (Å²) >= 11 is 0. The van der Waals surface area contributed by atoms with Gasteiger partial charge in [-0.05, 0) is 25.5 Å². The van der Waals surface area contributed by atoms with Gasteiger partial charge in [0, 0.05) is 32.5 Å². The minimum Gasteiger partial charge on any atom is -0.493 e. The Morgan fingerprint density at radius 1 is 1.26 bits per heavy atom. The van der Waals surface area contributed by atoms with Crippen molar-refractivity contribution in [2.45, 2.75) is 45.3 Å². The zero-order chi connectivity index (χ0) is 16.7. The average Bonchev–Trinajstić information content (AvgIpc) is 2.60. The molecule has 0 N–H and O–H groups in total. The van der Waals surface area contributed by atoms with Crippen LogP contribution >= 0.6 is 0 Å². The summed E-state index contributed by atoms with van der Waals surface area (Å²) in [6.07, 6.45) is 2.32. The van der Waals surface area contributed by atoms with E-state index < -0.39 is 0 Å². The number of carbonyl (C=O) groups excluding carboxylic acids is 1. The summed E-state index contributed by atoms with van der Waals surface area (Å²) in [6, 6.07) is 7.66. The minimum atomic E-state index is -0.360. The summed E-state index contributed by atoms with van der Waals surface area (Å²) in [7, 11) is 1.64. The van der Waals surface area contributed by atoms with Gasteiger partial charge in [0.05, 0.1) is 7.11 Å². The van der Waals surface area contributed by atoms with Gasteiger partial charge in [-0.25, -0.2) is 0 Å². The first kappa shape index (κ1) is 17.6. The molecule has 128 valence electrons. The highest BCUT2D eigenvalue weighted by Gasteiger charge is 2.27. The Kier molecular flexibility index (Phi) is 6.71. The van der Waals surface area contributed by atoms with Gasteiger partial charge >= 0.3 is 0 Å². The van der Waals surface area contributed by atoms with Gasteiger partial charge < -0.3 is 19.1 Å². The van der Waals surface area contributed by atoms with Crippen LogP contribution in [0.5, 0.6) is 11.5 Å². The summed E-state index contributed by atoms with van der Waals surface area (Å²) in [6.45, 7) is 5.91. The summed E-state index contributed by atoms with van der Waals surface area (Å²) in [5, 5.41) is 0. The maximum atomic E-state index is 12.3. The second-order valence-electron chi connectivity index (χ2n) is 5.81. The summed E-state index contributed by atoms with van der Waals surface area (Å²) in [5.74, 6) is 1.58. The predicted molar refractivity (Wildman–Crippen MR) is 88.9 cm³/mol. The molecule has 1 aliphatic heterocycles. The molecule has 1 aromatic carbocycles. The molecule has 23 heavy (non-hydrogen) atoms. The minimum absolute atomic E-state index is 0.0780. The number of likely N-dealkylation sites (tertiary alicyclic amines) is 1. The van der Waals surface area contributed by atoms with Crippen LogP contribution in [0.1, 0.15) is 33.1 Å². The lowest BCUT2D eigenvalue weighted by Crippen LogP contribution is -2.46. The van der Waals surface area contributed by atoms with Gasteiger partial charge in [-0.3, -0.25) is 4.79 Å². The fraction of sp³-hybridized carbons (Fsp3) is 0.611. The summed E-state index contributed by atoms with van der Waals surface area (Å²) in [5.41, 5.74) is 0. The van der Waals surface area contributed by atoms with Crippen molar-refractivity contribution in [2.24, 2.45) is 0 Å². The van der Waals surface area contributed by atoms with E-state index in [4.69, 9.17) is 14.2 Å².